The Kier molecular flexibility index (Phi) is 5.15. The van der Waals surface area contributed by atoms with Gasteiger partial charge in [-0.25, -0.2) is 0 Å². The highest BCUT2D eigenvalue weighted by molar-refractivity contribution is 6.00. The summed E-state index contributed by atoms with van der Waals surface area (Å²) in [5.41, 5.74) is 1.58. The third-order valence-electron chi connectivity index (χ3n) is 4.35. The molecule has 0 bridgehead atoms. The standard InChI is InChI=1S/C22H24N2O/c1-4-12-23-21(24-22(25)15(2)3)19-11-7-10-18-13-16-8-5-6-9-17(16)14-20(18)19/h5-11,13-14,21,23H,2,4,12H2,1,3H3,(H,24,25). The van der Waals surface area contributed by atoms with Gasteiger partial charge in [0, 0.05) is 5.57 Å². The number of nitrogens with one attached hydrogen (secondary N) is 2. The van der Waals surface area contributed by atoms with Gasteiger partial charge in [-0.3, -0.25) is 10.1 Å². The third-order valence-corrected chi connectivity index (χ3v) is 4.35. The van der Waals surface area contributed by atoms with Gasteiger partial charge in [-0.05, 0) is 59.1 Å². The average molecular weight is 332 g/mol. The number of rotatable bonds is 6. The van der Waals surface area contributed by atoms with Gasteiger partial charge >= 0.3 is 0 Å². The minimum absolute atomic E-state index is 0.133. The van der Waals surface area contributed by atoms with E-state index in [0.717, 1.165) is 23.9 Å². The van der Waals surface area contributed by atoms with E-state index >= 15 is 0 Å². The highest BCUT2D eigenvalue weighted by Crippen LogP contribution is 2.28. The van der Waals surface area contributed by atoms with Crippen molar-refractivity contribution in [2.75, 3.05) is 6.54 Å². The molecule has 1 amide bonds. The molecule has 0 fully saturated rings. The number of hydrogen-bond acceptors (Lipinski definition) is 2. The number of amides is 1. The molecule has 1 unspecified atom stereocenters. The smallest absolute Gasteiger partial charge is 0.247 e. The van der Waals surface area contributed by atoms with Gasteiger partial charge in [-0.15, -0.1) is 0 Å². The molecule has 3 heteroatoms. The van der Waals surface area contributed by atoms with Crippen LogP contribution in [0.5, 0.6) is 0 Å². The lowest BCUT2D eigenvalue weighted by Crippen LogP contribution is -2.38. The zero-order valence-electron chi connectivity index (χ0n) is 14.8. The molecule has 25 heavy (non-hydrogen) atoms. The second kappa shape index (κ2) is 7.49. The molecule has 0 aliphatic heterocycles. The maximum absolute atomic E-state index is 12.2. The monoisotopic (exact) mass is 332 g/mol. The number of fused-ring (bicyclic) bond motifs is 2. The highest BCUT2D eigenvalue weighted by atomic mass is 16.1. The van der Waals surface area contributed by atoms with Gasteiger partial charge < -0.3 is 5.32 Å². The van der Waals surface area contributed by atoms with Gasteiger partial charge in [0.1, 0.15) is 6.17 Å². The molecule has 0 aliphatic rings. The molecule has 3 aromatic carbocycles. The van der Waals surface area contributed by atoms with Gasteiger partial charge in [0.15, 0.2) is 0 Å². The fourth-order valence-corrected chi connectivity index (χ4v) is 3.02. The van der Waals surface area contributed by atoms with Gasteiger partial charge in [0.05, 0.1) is 0 Å². The normalized spacial score (nSPS) is 12.2. The van der Waals surface area contributed by atoms with Crippen LogP contribution >= 0.6 is 0 Å². The van der Waals surface area contributed by atoms with Crippen LogP contribution < -0.4 is 10.6 Å². The molecule has 0 aliphatic carbocycles. The predicted molar refractivity (Wildman–Crippen MR) is 105 cm³/mol. The Balaban J connectivity index is 2.10. The number of carbonyl (C=O) groups excluding carboxylic acids is 1. The quantitative estimate of drug-likeness (QED) is 0.391. The SMILES string of the molecule is C=C(C)C(=O)NC(NCCC)c1cccc2cc3ccccc3cc12. The van der Waals surface area contributed by atoms with Gasteiger partial charge in [-0.1, -0.05) is 56.0 Å². The van der Waals surface area contributed by atoms with Gasteiger partial charge in [0.25, 0.3) is 0 Å². The number of benzene rings is 3. The van der Waals surface area contributed by atoms with Crippen LogP contribution in [0, 0.1) is 0 Å². The Morgan fingerprint density at radius 3 is 2.40 bits per heavy atom. The van der Waals surface area contributed by atoms with Crippen LogP contribution in [0.15, 0.2) is 66.7 Å². The second-order valence-corrected chi connectivity index (χ2v) is 6.41. The summed E-state index contributed by atoms with van der Waals surface area (Å²) in [6.07, 6.45) is 0.752. The van der Waals surface area contributed by atoms with Crippen molar-refractivity contribution in [3.63, 3.8) is 0 Å². The molecule has 2 N–H and O–H groups in total. The highest BCUT2D eigenvalue weighted by Gasteiger charge is 2.16. The summed E-state index contributed by atoms with van der Waals surface area (Å²) in [6, 6.07) is 19.0. The maximum Gasteiger partial charge on any atom is 0.247 e. The molecule has 3 aromatic rings. The van der Waals surface area contributed by atoms with E-state index in [9.17, 15) is 4.79 Å². The van der Waals surface area contributed by atoms with Gasteiger partial charge in [-0.2, -0.15) is 0 Å². The van der Waals surface area contributed by atoms with E-state index in [-0.39, 0.29) is 12.1 Å². The second-order valence-electron chi connectivity index (χ2n) is 6.41. The van der Waals surface area contributed by atoms with E-state index in [4.69, 9.17) is 0 Å². The lowest BCUT2D eigenvalue weighted by atomic mass is 9.98. The van der Waals surface area contributed by atoms with E-state index < -0.39 is 0 Å². The Morgan fingerprint density at radius 2 is 1.72 bits per heavy atom. The molecule has 0 saturated heterocycles. The van der Waals surface area contributed by atoms with Crippen LogP contribution in [0.25, 0.3) is 21.5 Å². The molecule has 128 valence electrons. The molecule has 0 radical (unpaired) electrons. The topological polar surface area (TPSA) is 41.1 Å². The summed E-state index contributed by atoms with van der Waals surface area (Å²) in [6.45, 7) is 8.41. The first-order valence-electron chi connectivity index (χ1n) is 8.71. The Labute approximate surface area is 148 Å². The number of carbonyl (C=O) groups is 1. The fourth-order valence-electron chi connectivity index (χ4n) is 3.02. The Bertz CT molecular complexity index is 930. The fraction of sp³-hybridized carbons (Fsp3) is 0.227. The third kappa shape index (κ3) is 3.72. The molecule has 3 rings (SSSR count). The van der Waals surface area contributed by atoms with E-state index in [1.165, 1.54) is 16.2 Å². The molecular weight excluding hydrogens is 308 g/mol. The lowest BCUT2D eigenvalue weighted by molar-refractivity contribution is -0.118. The first-order chi connectivity index (χ1) is 12.1. The zero-order chi connectivity index (χ0) is 17.8. The zero-order valence-corrected chi connectivity index (χ0v) is 14.8. The summed E-state index contributed by atoms with van der Waals surface area (Å²) in [5.74, 6) is -0.133. The summed E-state index contributed by atoms with van der Waals surface area (Å²) in [4.78, 5) is 12.2. The van der Waals surface area contributed by atoms with Crippen LogP contribution in [0.4, 0.5) is 0 Å². The predicted octanol–water partition coefficient (Wildman–Crippen LogP) is 4.68. The maximum atomic E-state index is 12.2. The van der Waals surface area contributed by atoms with E-state index in [1.54, 1.807) is 6.92 Å². The molecular formula is C22H24N2O. The van der Waals surface area contributed by atoms with Crippen molar-refractivity contribution in [3.8, 4) is 0 Å². The van der Waals surface area contributed by atoms with E-state index in [1.807, 2.05) is 12.1 Å². The summed E-state index contributed by atoms with van der Waals surface area (Å²) in [5, 5.41) is 11.2. The molecule has 0 saturated carbocycles. The minimum Gasteiger partial charge on any atom is -0.333 e. The summed E-state index contributed by atoms with van der Waals surface area (Å²) < 4.78 is 0. The minimum atomic E-state index is -0.242. The average Bonchev–Trinajstić information content (AvgIpc) is 2.62. The van der Waals surface area contributed by atoms with Crippen molar-refractivity contribution in [1.29, 1.82) is 0 Å². The van der Waals surface area contributed by atoms with E-state index in [2.05, 4.69) is 66.6 Å². The molecule has 3 nitrogen and oxygen atoms in total. The first kappa shape index (κ1) is 17.2. The number of hydrogen-bond donors (Lipinski definition) is 2. The van der Waals surface area contributed by atoms with Crippen molar-refractivity contribution in [2.24, 2.45) is 0 Å². The van der Waals surface area contributed by atoms with Crippen LogP contribution in [-0.2, 0) is 4.79 Å². The molecule has 0 aromatic heterocycles. The summed E-state index contributed by atoms with van der Waals surface area (Å²) >= 11 is 0. The Morgan fingerprint density at radius 1 is 1.04 bits per heavy atom. The van der Waals surface area contributed by atoms with Gasteiger partial charge in [0.2, 0.25) is 5.91 Å². The van der Waals surface area contributed by atoms with Crippen molar-refractivity contribution in [3.05, 3.63) is 72.3 Å². The first-order valence-corrected chi connectivity index (χ1v) is 8.71. The van der Waals surface area contributed by atoms with Crippen LogP contribution in [-0.4, -0.2) is 12.5 Å². The molecule has 1 atom stereocenters. The Hall–Kier alpha value is -2.65. The molecule has 0 spiro atoms. The summed E-state index contributed by atoms with van der Waals surface area (Å²) in [7, 11) is 0. The van der Waals surface area contributed by atoms with Crippen molar-refractivity contribution in [2.45, 2.75) is 26.4 Å². The van der Waals surface area contributed by atoms with Crippen molar-refractivity contribution >= 4 is 27.5 Å². The van der Waals surface area contributed by atoms with Crippen LogP contribution in [0.1, 0.15) is 32.0 Å². The largest absolute Gasteiger partial charge is 0.333 e. The van der Waals surface area contributed by atoms with Crippen LogP contribution in [0.2, 0.25) is 0 Å². The lowest BCUT2D eigenvalue weighted by Gasteiger charge is -2.22. The van der Waals surface area contributed by atoms with Crippen molar-refractivity contribution in [1.82, 2.24) is 10.6 Å². The molecule has 0 heterocycles. The van der Waals surface area contributed by atoms with Crippen LogP contribution in [0.3, 0.4) is 0 Å². The van der Waals surface area contributed by atoms with E-state index in [0.29, 0.717) is 5.57 Å². The van der Waals surface area contributed by atoms with Crippen molar-refractivity contribution < 1.29 is 4.79 Å².